The second-order valence-corrected chi connectivity index (χ2v) is 5.85. The van der Waals surface area contributed by atoms with Crippen LogP contribution in [0.1, 0.15) is 20.3 Å². The Morgan fingerprint density at radius 2 is 2.00 bits per heavy atom. The molecule has 0 radical (unpaired) electrons. The van der Waals surface area contributed by atoms with E-state index in [0.717, 1.165) is 13.1 Å². The minimum atomic E-state index is 0.216. The van der Waals surface area contributed by atoms with Gasteiger partial charge in [-0.25, -0.2) is 0 Å². The molecule has 1 aromatic rings. The van der Waals surface area contributed by atoms with E-state index in [9.17, 15) is 0 Å². The van der Waals surface area contributed by atoms with Crippen molar-refractivity contribution in [3.63, 3.8) is 0 Å². The van der Waals surface area contributed by atoms with Gasteiger partial charge in [0.05, 0.1) is 6.61 Å². The number of aliphatic hydroxyl groups excluding tert-OH is 1. The Labute approximate surface area is 116 Å². The predicted molar refractivity (Wildman–Crippen MR) is 80.5 cm³/mol. The van der Waals surface area contributed by atoms with Crippen molar-refractivity contribution >= 4 is 5.69 Å². The zero-order valence-electron chi connectivity index (χ0n) is 12.0. The summed E-state index contributed by atoms with van der Waals surface area (Å²) in [4.78, 5) is 2.48. The number of aliphatic hydroxyl groups is 1. The van der Waals surface area contributed by atoms with E-state index in [4.69, 9.17) is 5.11 Å². The van der Waals surface area contributed by atoms with Gasteiger partial charge >= 0.3 is 0 Å². The van der Waals surface area contributed by atoms with Gasteiger partial charge in [-0.3, -0.25) is 0 Å². The van der Waals surface area contributed by atoms with Gasteiger partial charge < -0.3 is 15.3 Å². The normalized spacial score (nSPS) is 23.9. The number of anilines is 1. The fourth-order valence-electron chi connectivity index (χ4n) is 2.89. The SMILES string of the molecule is CC(C)C1CC(NCCO)CN(c2ccccc2)C1. The van der Waals surface area contributed by atoms with Crippen molar-refractivity contribution < 1.29 is 5.11 Å². The maximum Gasteiger partial charge on any atom is 0.0556 e. The number of benzene rings is 1. The highest BCUT2D eigenvalue weighted by atomic mass is 16.3. The molecule has 0 spiro atoms. The molecule has 2 atom stereocenters. The maximum atomic E-state index is 8.98. The van der Waals surface area contributed by atoms with Crippen LogP contribution in [-0.4, -0.2) is 37.4 Å². The average molecular weight is 262 g/mol. The summed E-state index contributed by atoms with van der Waals surface area (Å²) in [6, 6.07) is 11.1. The first-order valence-electron chi connectivity index (χ1n) is 7.35. The smallest absolute Gasteiger partial charge is 0.0556 e. The lowest BCUT2D eigenvalue weighted by Gasteiger charge is -2.41. The van der Waals surface area contributed by atoms with Crippen LogP contribution in [0.3, 0.4) is 0 Å². The predicted octanol–water partition coefficient (Wildman–Crippen LogP) is 2.12. The minimum Gasteiger partial charge on any atom is -0.395 e. The van der Waals surface area contributed by atoms with Crippen LogP contribution in [-0.2, 0) is 0 Å². The number of piperidine rings is 1. The first-order chi connectivity index (χ1) is 9.20. The fraction of sp³-hybridized carbons (Fsp3) is 0.625. The molecule has 106 valence electrons. The number of nitrogens with one attached hydrogen (secondary N) is 1. The number of nitrogens with zero attached hydrogens (tertiary/aromatic N) is 1. The zero-order chi connectivity index (χ0) is 13.7. The summed E-state index contributed by atoms with van der Waals surface area (Å²) in [5.41, 5.74) is 1.31. The zero-order valence-corrected chi connectivity index (χ0v) is 12.0. The van der Waals surface area contributed by atoms with Crippen LogP contribution in [0.2, 0.25) is 0 Å². The van der Waals surface area contributed by atoms with E-state index in [1.54, 1.807) is 0 Å². The average Bonchev–Trinajstić information content (AvgIpc) is 2.45. The van der Waals surface area contributed by atoms with Crippen LogP contribution in [0, 0.1) is 11.8 Å². The monoisotopic (exact) mass is 262 g/mol. The Morgan fingerprint density at radius 1 is 1.26 bits per heavy atom. The van der Waals surface area contributed by atoms with Gasteiger partial charge in [-0.15, -0.1) is 0 Å². The molecule has 1 aromatic carbocycles. The molecule has 1 aliphatic rings. The van der Waals surface area contributed by atoms with E-state index in [1.165, 1.54) is 12.1 Å². The lowest BCUT2D eigenvalue weighted by atomic mass is 9.85. The van der Waals surface area contributed by atoms with Gasteiger partial charge in [0.15, 0.2) is 0 Å². The number of para-hydroxylation sites is 1. The van der Waals surface area contributed by atoms with Gasteiger partial charge in [-0.2, -0.15) is 0 Å². The first kappa shape index (κ1) is 14.4. The van der Waals surface area contributed by atoms with E-state index in [-0.39, 0.29) is 6.61 Å². The summed E-state index contributed by atoms with van der Waals surface area (Å²) in [7, 11) is 0. The largest absolute Gasteiger partial charge is 0.395 e. The molecule has 3 nitrogen and oxygen atoms in total. The fourth-order valence-corrected chi connectivity index (χ4v) is 2.89. The second kappa shape index (κ2) is 6.92. The highest BCUT2D eigenvalue weighted by Crippen LogP contribution is 2.27. The van der Waals surface area contributed by atoms with Crippen molar-refractivity contribution in [1.29, 1.82) is 0 Å². The number of hydrogen-bond acceptors (Lipinski definition) is 3. The van der Waals surface area contributed by atoms with Crippen LogP contribution >= 0.6 is 0 Å². The van der Waals surface area contributed by atoms with Crippen LogP contribution in [0.4, 0.5) is 5.69 Å². The molecule has 2 N–H and O–H groups in total. The summed E-state index contributed by atoms with van der Waals surface area (Å²) in [5, 5.41) is 12.4. The molecule has 1 fully saturated rings. The molecule has 3 heteroatoms. The second-order valence-electron chi connectivity index (χ2n) is 5.85. The highest BCUT2D eigenvalue weighted by Gasteiger charge is 2.28. The van der Waals surface area contributed by atoms with Crippen molar-refractivity contribution in [2.24, 2.45) is 11.8 Å². The Kier molecular flexibility index (Phi) is 5.23. The molecule has 0 bridgehead atoms. The molecule has 0 saturated carbocycles. The van der Waals surface area contributed by atoms with Gasteiger partial charge in [-0.1, -0.05) is 32.0 Å². The Hall–Kier alpha value is -1.06. The van der Waals surface area contributed by atoms with Crippen molar-refractivity contribution in [2.75, 3.05) is 31.1 Å². The molecular formula is C16H26N2O. The summed E-state index contributed by atoms with van der Waals surface area (Å²) >= 11 is 0. The van der Waals surface area contributed by atoms with Crippen LogP contribution in [0.15, 0.2) is 30.3 Å². The molecule has 0 aromatic heterocycles. The quantitative estimate of drug-likeness (QED) is 0.853. The highest BCUT2D eigenvalue weighted by molar-refractivity contribution is 5.46. The molecule has 0 aliphatic carbocycles. The topological polar surface area (TPSA) is 35.5 Å². The molecule has 2 rings (SSSR count). The van der Waals surface area contributed by atoms with Crippen LogP contribution < -0.4 is 10.2 Å². The van der Waals surface area contributed by atoms with E-state index >= 15 is 0 Å². The van der Waals surface area contributed by atoms with Crippen LogP contribution in [0.25, 0.3) is 0 Å². The van der Waals surface area contributed by atoms with E-state index in [2.05, 4.69) is 54.4 Å². The van der Waals surface area contributed by atoms with Gasteiger partial charge in [0, 0.05) is 31.4 Å². The third-order valence-corrected chi connectivity index (χ3v) is 4.09. The molecule has 19 heavy (non-hydrogen) atoms. The molecular weight excluding hydrogens is 236 g/mol. The van der Waals surface area contributed by atoms with E-state index in [0.29, 0.717) is 24.4 Å². The first-order valence-corrected chi connectivity index (χ1v) is 7.35. The summed E-state index contributed by atoms with van der Waals surface area (Å²) < 4.78 is 0. The maximum absolute atomic E-state index is 8.98. The Balaban J connectivity index is 2.06. The van der Waals surface area contributed by atoms with Crippen LogP contribution in [0.5, 0.6) is 0 Å². The number of hydrogen-bond donors (Lipinski definition) is 2. The number of rotatable bonds is 5. The summed E-state index contributed by atoms with van der Waals surface area (Å²) in [5.74, 6) is 1.41. The molecule has 2 unspecified atom stereocenters. The van der Waals surface area contributed by atoms with Crippen molar-refractivity contribution in [3.05, 3.63) is 30.3 Å². The third kappa shape index (κ3) is 3.95. The third-order valence-electron chi connectivity index (χ3n) is 4.09. The van der Waals surface area contributed by atoms with E-state index < -0.39 is 0 Å². The Bertz CT molecular complexity index is 366. The van der Waals surface area contributed by atoms with Crippen molar-refractivity contribution in [3.8, 4) is 0 Å². The molecule has 1 aliphatic heterocycles. The van der Waals surface area contributed by atoms with Crippen molar-refractivity contribution in [1.82, 2.24) is 5.32 Å². The lowest BCUT2D eigenvalue weighted by molar-refractivity contribution is 0.245. The molecule has 1 heterocycles. The summed E-state index contributed by atoms with van der Waals surface area (Å²) in [6.07, 6.45) is 1.21. The molecule has 0 amide bonds. The standard InChI is InChI=1S/C16H26N2O/c1-13(2)14-10-15(17-8-9-19)12-18(11-14)16-6-4-3-5-7-16/h3-7,13-15,17,19H,8-12H2,1-2H3. The molecule has 1 saturated heterocycles. The van der Waals surface area contributed by atoms with E-state index in [1.807, 2.05) is 0 Å². The lowest BCUT2D eigenvalue weighted by Crippen LogP contribution is -2.51. The van der Waals surface area contributed by atoms with Gasteiger partial charge in [0.1, 0.15) is 0 Å². The summed E-state index contributed by atoms with van der Waals surface area (Å²) in [6.45, 7) is 7.70. The minimum absolute atomic E-state index is 0.216. The van der Waals surface area contributed by atoms with Gasteiger partial charge in [0.2, 0.25) is 0 Å². The Morgan fingerprint density at radius 3 is 2.63 bits per heavy atom. The van der Waals surface area contributed by atoms with Gasteiger partial charge in [0.25, 0.3) is 0 Å². The van der Waals surface area contributed by atoms with Crippen molar-refractivity contribution in [2.45, 2.75) is 26.3 Å². The van der Waals surface area contributed by atoms with Gasteiger partial charge in [-0.05, 0) is 30.4 Å².